The molecule has 4 nitrogen and oxygen atoms in total. The van der Waals surface area contributed by atoms with Crippen LogP contribution in [0.2, 0.25) is 0 Å². The van der Waals surface area contributed by atoms with E-state index >= 15 is 0 Å². The van der Waals surface area contributed by atoms with Crippen LogP contribution < -0.4 is 0 Å². The van der Waals surface area contributed by atoms with Gasteiger partial charge in [-0.2, -0.15) is 8.42 Å². The maximum atomic E-state index is 8.74. The number of benzene rings is 1. The number of hydrogen-bond donors (Lipinski definition) is 2. The average Bonchev–Trinajstić information content (AvgIpc) is 2.03. The van der Waals surface area contributed by atoms with Crippen LogP contribution in [0, 0.1) is 0 Å². The minimum atomic E-state index is -4.67. The molecular formula is C8H11NaO4S. The van der Waals surface area contributed by atoms with Crippen LogP contribution in [-0.2, 0) is 10.4 Å². The predicted octanol–water partition coefficient (Wildman–Crippen LogP) is 1.03. The summed E-state index contributed by atoms with van der Waals surface area (Å²) in [5.41, 5.74) is 1.17. The fourth-order valence-electron chi connectivity index (χ4n) is 0.589. The first kappa shape index (κ1) is 16.3. The van der Waals surface area contributed by atoms with E-state index in [1.807, 2.05) is 36.4 Å². The molecule has 0 saturated heterocycles. The molecule has 0 spiro atoms. The Kier molecular flexibility index (Phi) is 9.49. The summed E-state index contributed by atoms with van der Waals surface area (Å²) in [6.45, 7) is 3.63. The van der Waals surface area contributed by atoms with Crippen molar-refractivity contribution in [2.45, 2.75) is 0 Å². The summed E-state index contributed by atoms with van der Waals surface area (Å²) in [4.78, 5) is 0. The van der Waals surface area contributed by atoms with Crippen molar-refractivity contribution in [3.63, 3.8) is 0 Å². The van der Waals surface area contributed by atoms with Gasteiger partial charge in [-0.3, -0.25) is 9.11 Å². The van der Waals surface area contributed by atoms with Crippen LogP contribution in [0.15, 0.2) is 36.9 Å². The molecule has 14 heavy (non-hydrogen) atoms. The van der Waals surface area contributed by atoms with Crippen LogP contribution in [0.4, 0.5) is 0 Å². The molecule has 0 fully saturated rings. The van der Waals surface area contributed by atoms with Crippen molar-refractivity contribution < 1.29 is 17.5 Å². The van der Waals surface area contributed by atoms with E-state index in [1.165, 1.54) is 5.56 Å². The molecule has 0 saturated carbocycles. The van der Waals surface area contributed by atoms with E-state index in [0.717, 1.165) is 0 Å². The van der Waals surface area contributed by atoms with Gasteiger partial charge in [-0.25, -0.2) is 0 Å². The fourth-order valence-corrected chi connectivity index (χ4v) is 0.589. The molecule has 0 aliphatic carbocycles. The van der Waals surface area contributed by atoms with Crippen LogP contribution in [0.1, 0.15) is 5.56 Å². The summed E-state index contributed by atoms with van der Waals surface area (Å²) >= 11 is 0. The molecule has 0 aliphatic rings. The molecule has 74 valence electrons. The molecule has 1 aromatic rings. The maximum absolute atomic E-state index is 8.74. The van der Waals surface area contributed by atoms with E-state index in [-0.39, 0.29) is 29.6 Å². The molecule has 0 atom stereocenters. The van der Waals surface area contributed by atoms with Crippen LogP contribution in [-0.4, -0.2) is 47.1 Å². The van der Waals surface area contributed by atoms with Gasteiger partial charge in [-0.05, 0) is 5.56 Å². The molecule has 0 aliphatic heterocycles. The van der Waals surface area contributed by atoms with Gasteiger partial charge in [0, 0.05) is 0 Å². The minimum absolute atomic E-state index is 0. The van der Waals surface area contributed by atoms with Gasteiger partial charge in [0.1, 0.15) is 0 Å². The van der Waals surface area contributed by atoms with Crippen molar-refractivity contribution in [3.8, 4) is 0 Å². The summed E-state index contributed by atoms with van der Waals surface area (Å²) in [5.74, 6) is 0. The van der Waals surface area contributed by atoms with Crippen molar-refractivity contribution in [2.75, 3.05) is 0 Å². The predicted molar refractivity (Wildman–Crippen MR) is 57.9 cm³/mol. The Labute approximate surface area is 106 Å². The Morgan fingerprint density at radius 2 is 1.50 bits per heavy atom. The first-order chi connectivity index (χ1) is 5.93. The topological polar surface area (TPSA) is 74.6 Å². The van der Waals surface area contributed by atoms with E-state index in [0.29, 0.717) is 0 Å². The van der Waals surface area contributed by atoms with E-state index in [4.69, 9.17) is 17.5 Å². The Balaban J connectivity index is 0. The quantitative estimate of drug-likeness (QED) is 0.554. The Morgan fingerprint density at radius 1 is 1.14 bits per heavy atom. The molecule has 0 aromatic heterocycles. The third-order valence-electron chi connectivity index (χ3n) is 1.04. The second kappa shape index (κ2) is 8.16. The van der Waals surface area contributed by atoms with Gasteiger partial charge in [-0.1, -0.05) is 43.0 Å². The molecule has 0 radical (unpaired) electrons. The molecule has 2 N–H and O–H groups in total. The average molecular weight is 226 g/mol. The third kappa shape index (κ3) is 14.4. The Morgan fingerprint density at radius 3 is 1.71 bits per heavy atom. The summed E-state index contributed by atoms with van der Waals surface area (Å²) < 4.78 is 31.6. The molecule has 1 aromatic carbocycles. The van der Waals surface area contributed by atoms with E-state index < -0.39 is 10.4 Å². The fraction of sp³-hybridized carbons (Fsp3) is 0. The SMILES string of the molecule is C=Cc1ccccc1.O=S(=O)(O)O.[NaH]. The van der Waals surface area contributed by atoms with Gasteiger partial charge in [-0.15, -0.1) is 0 Å². The molecule has 0 heterocycles. The van der Waals surface area contributed by atoms with Gasteiger partial charge in [0.2, 0.25) is 0 Å². The monoisotopic (exact) mass is 226 g/mol. The van der Waals surface area contributed by atoms with Crippen LogP contribution in [0.3, 0.4) is 0 Å². The second-order valence-electron chi connectivity index (χ2n) is 2.06. The van der Waals surface area contributed by atoms with Crippen molar-refractivity contribution in [1.82, 2.24) is 0 Å². The zero-order chi connectivity index (χ0) is 10.3. The first-order valence-electron chi connectivity index (χ1n) is 3.31. The number of rotatable bonds is 1. The normalized spacial score (nSPS) is 9.00. The van der Waals surface area contributed by atoms with Crippen molar-refractivity contribution >= 4 is 46.0 Å². The van der Waals surface area contributed by atoms with Gasteiger partial charge < -0.3 is 0 Å². The van der Waals surface area contributed by atoms with Gasteiger partial charge >= 0.3 is 40.0 Å². The summed E-state index contributed by atoms with van der Waals surface area (Å²) in [6.07, 6.45) is 1.83. The third-order valence-corrected chi connectivity index (χ3v) is 1.04. The number of hydrogen-bond acceptors (Lipinski definition) is 2. The molecule has 0 amide bonds. The van der Waals surface area contributed by atoms with Gasteiger partial charge in [0.15, 0.2) is 0 Å². The van der Waals surface area contributed by atoms with Crippen LogP contribution in [0.5, 0.6) is 0 Å². The summed E-state index contributed by atoms with van der Waals surface area (Å²) in [6, 6.07) is 10.0. The molecule has 0 unspecified atom stereocenters. The van der Waals surface area contributed by atoms with Crippen molar-refractivity contribution in [1.29, 1.82) is 0 Å². The zero-order valence-corrected chi connectivity index (χ0v) is 7.61. The van der Waals surface area contributed by atoms with Gasteiger partial charge in [0.05, 0.1) is 0 Å². The molecule has 0 bridgehead atoms. The molecule has 1 rings (SSSR count). The van der Waals surface area contributed by atoms with E-state index in [1.54, 1.807) is 0 Å². The van der Waals surface area contributed by atoms with Crippen LogP contribution >= 0.6 is 0 Å². The van der Waals surface area contributed by atoms with E-state index in [9.17, 15) is 0 Å². The zero-order valence-electron chi connectivity index (χ0n) is 6.79. The first-order valence-corrected chi connectivity index (χ1v) is 4.70. The second-order valence-corrected chi connectivity index (χ2v) is 2.96. The van der Waals surface area contributed by atoms with Gasteiger partial charge in [0.25, 0.3) is 0 Å². The van der Waals surface area contributed by atoms with Crippen molar-refractivity contribution in [2.24, 2.45) is 0 Å². The van der Waals surface area contributed by atoms with Crippen molar-refractivity contribution in [3.05, 3.63) is 42.5 Å². The van der Waals surface area contributed by atoms with E-state index in [2.05, 4.69) is 6.58 Å². The summed E-state index contributed by atoms with van der Waals surface area (Å²) in [7, 11) is -4.67. The standard InChI is InChI=1S/C8H8.Na.H2O4S.H/c1-2-8-6-4-3-5-7-8;;1-5(2,3)4;/h2-7H,1H2;;(H2,1,2,3,4);. The summed E-state index contributed by atoms with van der Waals surface area (Å²) in [5, 5.41) is 0. The Hall–Kier alpha value is -0.170. The van der Waals surface area contributed by atoms with Crippen LogP contribution in [0.25, 0.3) is 6.08 Å². The Bertz CT molecular complexity index is 339. The molecule has 6 heteroatoms. The molecular weight excluding hydrogens is 215 g/mol.